The van der Waals surface area contributed by atoms with Crippen molar-refractivity contribution in [1.29, 1.82) is 0 Å². The van der Waals surface area contributed by atoms with Crippen LogP contribution in [0.5, 0.6) is 0 Å². The van der Waals surface area contributed by atoms with E-state index in [1.807, 2.05) is 55.6 Å². The Hall–Kier alpha value is -3.00. The second kappa shape index (κ2) is 6.14. The highest BCUT2D eigenvalue weighted by Crippen LogP contribution is 2.24. The van der Waals surface area contributed by atoms with Crippen LogP contribution in [0.1, 0.15) is 5.69 Å². The van der Waals surface area contributed by atoms with Gasteiger partial charge in [-0.25, -0.2) is 9.50 Å². The summed E-state index contributed by atoms with van der Waals surface area (Å²) in [4.78, 5) is 5.39. The zero-order valence-corrected chi connectivity index (χ0v) is 14.5. The van der Waals surface area contributed by atoms with Crippen LogP contribution in [0.4, 0.5) is 11.6 Å². The van der Waals surface area contributed by atoms with Gasteiger partial charge in [-0.15, -0.1) is 5.10 Å². The standard InChI is InChI=1S/C17H16N6OS/c1-11-9-15(21-20-11)18-17-14-7-4-8-23(14)22-16(19-17)12-5-3-6-13(10-12)25(2)24/h3-10H,1-2H3,(H2,18,19,20,21,22). The number of hydrogen-bond donors (Lipinski definition) is 2. The molecule has 3 heterocycles. The molecule has 2 N–H and O–H groups in total. The fraction of sp³-hybridized carbons (Fsp3) is 0.118. The predicted molar refractivity (Wildman–Crippen MR) is 97.4 cm³/mol. The third kappa shape index (κ3) is 3.03. The van der Waals surface area contributed by atoms with E-state index in [1.165, 1.54) is 0 Å². The van der Waals surface area contributed by atoms with Crippen LogP contribution in [-0.2, 0) is 10.8 Å². The van der Waals surface area contributed by atoms with E-state index >= 15 is 0 Å². The Morgan fingerprint density at radius 2 is 2.08 bits per heavy atom. The molecule has 0 aliphatic carbocycles. The first-order chi connectivity index (χ1) is 12.1. The van der Waals surface area contributed by atoms with E-state index in [9.17, 15) is 4.21 Å². The van der Waals surface area contributed by atoms with Crippen molar-refractivity contribution in [2.24, 2.45) is 0 Å². The number of H-pyrrole nitrogens is 1. The van der Waals surface area contributed by atoms with Gasteiger partial charge in [-0.3, -0.25) is 9.31 Å². The summed E-state index contributed by atoms with van der Waals surface area (Å²) in [6.07, 6.45) is 3.52. The number of aromatic nitrogens is 5. The van der Waals surface area contributed by atoms with Gasteiger partial charge in [0.05, 0.1) is 0 Å². The van der Waals surface area contributed by atoms with Crippen molar-refractivity contribution in [3.63, 3.8) is 0 Å². The highest BCUT2D eigenvalue weighted by molar-refractivity contribution is 7.84. The summed E-state index contributed by atoms with van der Waals surface area (Å²) in [5.74, 6) is 1.89. The predicted octanol–water partition coefficient (Wildman–Crippen LogP) is 2.91. The summed E-state index contributed by atoms with van der Waals surface area (Å²) >= 11 is 0. The maximum absolute atomic E-state index is 11.8. The summed E-state index contributed by atoms with van der Waals surface area (Å²) in [6, 6.07) is 13.2. The number of hydrogen-bond acceptors (Lipinski definition) is 5. The number of anilines is 2. The monoisotopic (exact) mass is 352 g/mol. The summed E-state index contributed by atoms with van der Waals surface area (Å²) in [5.41, 5.74) is 2.62. The number of fused-ring (bicyclic) bond motifs is 1. The summed E-state index contributed by atoms with van der Waals surface area (Å²) < 4.78 is 13.5. The average Bonchev–Trinajstić information content (AvgIpc) is 3.23. The lowest BCUT2D eigenvalue weighted by atomic mass is 10.2. The van der Waals surface area contributed by atoms with Crippen LogP contribution in [0.15, 0.2) is 53.6 Å². The summed E-state index contributed by atoms with van der Waals surface area (Å²) in [6.45, 7) is 1.94. The molecule has 25 heavy (non-hydrogen) atoms. The van der Waals surface area contributed by atoms with Crippen LogP contribution in [0.2, 0.25) is 0 Å². The molecule has 1 unspecified atom stereocenters. The van der Waals surface area contributed by atoms with Gasteiger partial charge in [-0.05, 0) is 31.2 Å². The molecule has 0 spiro atoms. The number of benzene rings is 1. The molecule has 0 aliphatic rings. The van der Waals surface area contributed by atoms with E-state index in [2.05, 4.69) is 25.6 Å². The fourth-order valence-corrected chi connectivity index (χ4v) is 3.13. The largest absolute Gasteiger partial charge is 0.322 e. The van der Waals surface area contributed by atoms with Gasteiger partial charge in [0.25, 0.3) is 0 Å². The number of aryl methyl sites for hydroxylation is 1. The van der Waals surface area contributed by atoms with Crippen molar-refractivity contribution in [3.8, 4) is 11.4 Å². The molecular formula is C17H16N6OS. The first-order valence-electron chi connectivity index (χ1n) is 7.68. The van der Waals surface area contributed by atoms with Gasteiger partial charge < -0.3 is 5.32 Å². The van der Waals surface area contributed by atoms with Crippen LogP contribution >= 0.6 is 0 Å². The van der Waals surface area contributed by atoms with Gasteiger partial charge in [-0.2, -0.15) is 5.10 Å². The van der Waals surface area contributed by atoms with E-state index in [0.717, 1.165) is 21.7 Å². The first kappa shape index (κ1) is 15.5. The summed E-state index contributed by atoms with van der Waals surface area (Å²) in [5, 5.41) is 14.9. The second-order valence-corrected chi connectivity index (χ2v) is 7.04. The molecule has 4 aromatic rings. The molecule has 0 amide bonds. The highest BCUT2D eigenvalue weighted by atomic mass is 32.2. The Labute approximate surface area is 146 Å². The number of nitrogens with one attached hydrogen (secondary N) is 2. The lowest BCUT2D eigenvalue weighted by molar-refractivity contribution is 0.687. The van der Waals surface area contributed by atoms with Crippen LogP contribution in [0.3, 0.4) is 0 Å². The Morgan fingerprint density at radius 1 is 1.20 bits per heavy atom. The second-order valence-electron chi connectivity index (χ2n) is 5.67. The Bertz CT molecular complexity index is 1080. The van der Waals surface area contributed by atoms with Crippen LogP contribution in [0.25, 0.3) is 16.9 Å². The molecule has 3 aromatic heterocycles. The Kier molecular flexibility index (Phi) is 3.81. The minimum absolute atomic E-state index is 0.547. The number of nitrogens with zero attached hydrogens (tertiary/aromatic N) is 4. The third-order valence-electron chi connectivity index (χ3n) is 3.77. The van der Waals surface area contributed by atoms with Gasteiger partial charge in [0, 0.05) is 45.5 Å². The van der Waals surface area contributed by atoms with Crippen molar-refractivity contribution >= 4 is 28.0 Å². The van der Waals surface area contributed by atoms with E-state index in [-0.39, 0.29) is 0 Å². The molecule has 0 aliphatic heterocycles. The zero-order chi connectivity index (χ0) is 17.4. The topological polar surface area (TPSA) is 88.0 Å². The number of aromatic amines is 1. The van der Waals surface area contributed by atoms with Crippen molar-refractivity contribution in [2.75, 3.05) is 11.6 Å². The maximum atomic E-state index is 11.8. The fourth-order valence-electron chi connectivity index (χ4n) is 2.57. The van der Waals surface area contributed by atoms with Crippen LogP contribution in [-0.4, -0.2) is 35.3 Å². The van der Waals surface area contributed by atoms with Crippen molar-refractivity contribution in [3.05, 3.63) is 54.4 Å². The van der Waals surface area contributed by atoms with E-state index in [1.54, 1.807) is 10.8 Å². The Balaban J connectivity index is 1.82. The van der Waals surface area contributed by atoms with E-state index in [0.29, 0.717) is 17.5 Å². The third-order valence-corrected chi connectivity index (χ3v) is 4.69. The van der Waals surface area contributed by atoms with Crippen molar-refractivity contribution in [1.82, 2.24) is 24.8 Å². The van der Waals surface area contributed by atoms with Gasteiger partial charge in [0.2, 0.25) is 0 Å². The molecular weight excluding hydrogens is 336 g/mol. The van der Waals surface area contributed by atoms with Gasteiger partial charge in [0.1, 0.15) is 5.52 Å². The van der Waals surface area contributed by atoms with Crippen molar-refractivity contribution < 1.29 is 4.21 Å². The highest BCUT2D eigenvalue weighted by Gasteiger charge is 2.12. The molecule has 1 atom stereocenters. The van der Waals surface area contributed by atoms with Gasteiger partial charge in [-0.1, -0.05) is 12.1 Å². The SMILES string of the molecule is Cc1cc(Nc2nc(-c3cccc(S(C)=O)c3)nn3cccc23)n[nH]1. The molecule has 8 heteroatoms. The smallest absolute Gasteiger partial charge is 0.182 e. The van der Waals surface area contributed by atoms with Gasteiger partial charge >= 0.3 is 0 Å². The molecule has 0 saturated carbocycles. The van der Waals surface area contributed by atoms with Crippen LogP contribution < -0.4 is 5.32 Å². The normalized spacial score (nSPS) is 12.4. The zero-order valence-electron chi connectivity index (χ0n) is 13.7. The minimum atomic E-state index is -1.06. The Morgan fingerprint density at radius 3 is 2.84 bits per heavy atom. The molecule has 0 saturated heterocycles. The first-order valence-corrected chi connectivity index (χ1v) is 9.24. The lowest BCUT2D eigenvalue weighted by Gasteiger charge is -2.08. The quantitative estimate of drug-likeness (QED) is 0.590. The number of rotatable bonds is 4. The molecule has 7 nitrogen and oxygen atoms in total. The minimum Gasteiger partial charge on any atom is -0.322 e. The lowest BCUT2D eigenvalue weighted by Crippen LogP contribution is -2.03. The molecule has 126 valence electrons. The van der Waals surface area contributed by atoms with E-state index in [4.69, 9.17) is 0 Å². The molecule has 1 aromatic carbocycles. The molecule has 0 fully saturated rings. The molecule has 4 rings (SSSR count). The van der Waals surface area contributed by atoms with Gasteiger partial charge in [0.15, 0.2) is 17.5 Å². The average molecular weight is 352 g/mol. The maximum Gasteiger partial charge on any atom is 0.182 e. The van der Waals surface area contributed by atoms with Crippen LogP contribution in [0, 0.1) is 6.92 Å². The van der Waals surface area contributed by atoms with E-state index < -0.39 is 10.8 Å². The van der Waals surface area contributed by atoms with Crippen molar-refractivity contribution in [2.45, 2.75) is 11.8 Å². The summed E-state index contributed by atoms with van der Waals surface area (Å²) in [7, 11) is -1.06. The molecule has 0 radical (unpaired) electrons. The molecule has 0 bridgehead atoms.